The summed E-state index contributed by atoms with van der Waals surface area (Å²) >= 11 is 6.01. The van der Waals surface area contributed by atoms with Crippen molar-refractivity contribution >= 4 is 29.0 Å². The summed E-state index contributed by atoms with van der Waals surface area (Å²) in [7, 11) is 1.59. The van der Waals surface area contributed by atoms with Crippen molar-refractivity contribution in [2.24, 2.45) is 0 Å². The molecular weight excluding hydrogens is 228 g/mol. The highest BCUT2D eigenvalue weighted by Crippen LogP contribution is 2.24. The van der Waals surface area contributed by atoms with E-state index in [2.05, 4.69) is 10.3 Å². The normalized spacial score (nSPS) is 9.94. The van der Waals surface area contributed by atoms with Crippen molar-refractivity contribution in [3.8, 4) is 0 Å². The first-order valence-corrected chi connectivity index (χ1v) is 5.32. The number of rotatable bonds is 4. The Balaban J connectivity index is 2.90. The predicted molar refractivity (Wildman–Crippen MR) is 65.6 cm³/mol. The summed E-state index contributed by atoms with van der Waals surface area (Å²) in [5.41, 5.74) is 6.06. The summed E-state index contributed by atoms with van der Waals surface area (Å²) in [6.45, 7) is 2.80. The number of anilines is 2. The van der Waals surface area contributed by atoms with E-state index in [1.165, 1.54) is 6.20 Å². The fourth-order valence-electron chi connectivity index (χ4n) is 1.27. The Bertz CT molecular complexity index is 383. The molecule has 0 aromatic carbocycles. The van der Waals surface area contributed by atoms with Crippen molar-refractivity contribution in [2.45, 2.75) is 6.92 Å². The molecule has 1 heterocycles. The van der Waals surface area contributed by atoms with Crippen LogP contribution in [0, 0.1) is 0 Å². The number of nitrogen functional groups attached to an aromatic ring is 1. The van der Waals surface area contributed by atoms with Gasteiger partial charge in [-0.05, 0) is 13.0 Å². The first kappa shape index (κ1) is 12.6. The molecule has 0 aliphatic carbocycles. The topological polar surface area (TPSA) is 71.2 Å². The highest BCUT2D eigenvalue weighted by Gasteiger charge is 2.13. The third kappa shape index (κ3) is 3.00. The molecule has 0 saturated heterocycles. The van der Waals surface area contributed by atoms with Crippen molar-refractivity contribution in [2.75, 3.05) is 30.8 Å². The lowest BCUT2D eigenvalue weighted by molar-refractivity contribution is -0.119. The number of hydrogen-bond donors (Lipinski definition) is 2. The summed E-state index contributed by atoms with van der Waals surface area (Å²) in [5, 5.41) is 3.00. The third-order valence-corrected chi connectivity index (χ3v) is 2.42. The monoisotopic (exact) mass is 242 g/mol. The first-order valence-electron chi connectivity index (χ1n) is 4.95. The van der Waals surface area contributed by atoms with Crippen LogP contribution in [0.15, 0.2) is 12.3 Å². The van der Waals surface area contributed by atoms with Crippen molar-refractivity contribution in [1.82, 2.24) is 10.3 Å². The Morgan fingerprint density at radius 1 is 1.69 bits per heavy atom. The van der Waals surface area contributed by atoms with Gasteiger partial charge in [0.05, 0.1) is 23.5 Å². The van der Waals surface area contributed by atoms with Gasteiger partial charge >= 0.3 is 0 Å². The Labute approximate surface area is 99.6 Å². The van der Waals surface area contributed by atoms with E-state index < -0.39 is 0 Å². The van der Waals surface area contributed by atoms with Crippen LogP contribution in [0.1, 0.15) is 6.92 Å². The van der Waals surface area contributed by atoms with Gasteiger partial charge in [-0.15, -0.1) is 0 Å². The van der Waals surface area contributed by atoms with Crippen LogP contribution >= 0.6 is 11.6 Å². The van der Waals surface area contributed by atoms with Gasteiger partial charge in [-0.25, -0.2) is 4.98 Å². The molecular formula is C10H15ClN4O. The van der Waals surface area contributed by atoms with Gasteiger partial charge in [0.25, 0.3) is 0 Å². The van der Waals surface area contributed by atoms with Gasteiger partial charge in [-0.1, -0.05) is 11.6 Å². The van der Waals surface area contributed by atoms with Crippen LogP contribution in [-0.4, -0.2) is 31.0 Å². The highest BCUT2D eigenvalue weighted by atomic mass is 35.5. The van der Waals surface area contributed by atoms with Crippen LogP contribution < -0.4 is 16.0 Å². The van der Waals surface area contributed by atoms with Gasteiger partial charge in [0.1, 0.15) is 5.82 Å². The number of amides is 1. The van der Waals surface area contributed by atoms with E-state index in [0.717, 1.165) is 0 Å². The summed E-state index contributed by atoms with van der Waals surface area (Å²) < 4.78 is 0. The molecule has 3 N–H and O–H groups in total. The van der Waals surface area contributed by atoms with Crippen LogP contribution in [-0.2, 0) is 4.79 Å². The number of likely N-dealkylation sites (N-methyl/N-ethyl adjacent to an activating group) is 2. The minimum Gasteiger partial charge on any atom is -0.397 e. The third-order valence-electron chi connectivity index (χ3n) is 2.14. The number of aromatic nitrogens is 1. The lowest BCUT2D eigenvalue weighted by atomic mass is 10.3. The van der Waals surface area contributed by atoms with E-state index in [1.54, 1.807) is 18.0 Å². The number of nitrogens with two attached hydrogens (primary N) is 1. The Morgan fingerprint density at radius 2 is 2.38 bits per heavy atom. The molecule has 0 bridgehead atoms. The van der Waals surface area contributed by atoms with Crippen LogP contribution in [0.5, 0.6) is 0 Å². The van der Waals surface area contributed by atoms with Crippen LogP contribution in [0.2, 0.25) is 5.02 Å². The van der Waals surface area contributed by atoms with Gasteiger partial charge in [-0.3, -0.25) is 4.79 Å². The Hall–Kier alpha value is -1.49. The number of pyridine rings is 1. The number of nitrogens with zero attached hydrogens (tertiary/aromatic N) is 2. The van der Waals surface area contributed by atoms with Gasteiger partial charge in [0, 0.05) is 13.6 Å². The van der Waals surface area contributed by atoms with Gasteiger partial charge in [0.2, 0.25) is 5.91 Å². The van der Waals surface area contributed by atoms with Gasteiger partial charge in [-0.2, -0.15) is 0 Å². The number of carbonyl (C=O) groups excluding carboxylic acids is 1. The van der Waals surface area contributed by atoms with E-state index in [9.17, 15) is 4.79 Å². The maximum atomic E-state index is 11.3. The van der Waals surface area contributed by atoms with Crippen LogP contribution in [0.4, 0.5) is 11.5 Å². The fraction of sp³-hybridized carbons (Fsp3) is 0.400. The lowest BCUT2D eigenvalue weighted by Gasteiger charge is -2.21. The van der Waals surface area contributed by atoms with Gasteiger partial charge < -0.3 is 16.0 Å². The van der Waals surface area contributed by atoms with E-state index in [4.69, 9.17) is 17.3 Å². The number of halogens is 1. The molecule has 16 heavy (non-hydrogen) atoms. The highest BCUT2D eigenvalue weighted by molar-refractivity contribution is 6.33. The zero-order chi connectivity index (χ0) is 12.1. The molecule has 0 fully saturated rings. The molecule has 0 atom stereocenters. The number of nitrogens with one attached hydrogen (secondary N) is 1. The smallest absolute Gasteiger partial charge is 0.239 e. The molecule has 0 radical (unpaired) electrons. The lowest BCUT2D eigenvalue weighted by Crippen LogP contribution is -2.36. The van der Waals surface area contributed by atoms with Crippen molar-refractivity contribution < 1.29 is 4.79 Å². The molecule has 1 amide bonds. The summed E-state index contributed by atoms with van der Waals surface area (Å²) in [4.78, 5) is 17.2. The van der Waals surface area contributed by atoms with E-state index in [1.807, 2.05) is 6.92 Å². The average molecular weight is 243 g/mol. The second kappa shape index (κ2) is 5.55. The molecule has 0 unspecified atom stereocenters. The van der Waals surface area contributed by atoms with Crippen molar-refractivity contribution in [1.29, 1.82) is 0 Å². The maximum absolute atomic E-state index is 11.3. The second-order valence-electron chi connectivity index (χ2n) is 3.26. The van der Waals surface area contributed by atoms with E-state index in [-0.39, 0.29) is 12.5 Å². The largest absolute Gasteiger partial charge is 0.397 e. The van der Waals surface area contributed by atoms with Crippen molar-refractivity contribution in [3.63, 3.8) is 0 Å². The molecule has 0 spiro atoms. The van der Waals surface area contributed by atoms with E-state index in [0.29, 0.717) is 23.1 Å². The molecule has 1 aromatic rings. The predicted octanol–water partition coefficient (Wildman–Crippen LogP) is 0.890. The molecule has 6 heteroatoms. The number of hydrogen-bond acceptors (Lipinski definition) is 4. The zero-order valence-corrected chi connectivity index (χ0v) is 10.1. The fourth-order valence-corrected chi connectivity index (χ4v) is 1.56. The zero-order valence-electron chi connectivity index (χ0n) is 9.33. The molecule has 5 nitrogen and oxygen atoms in total. The summed E-state index contributed by atoms with van der Waals surface area (Å²) in [6, 6.07) is 1.62. The molecule has 1 rings (SSSR count). The molecule has 1 aromatic heterocycles. The van der Waals surface area contributed by atoms with Crippen LogP contribution in [0.3, 0.4) is 0 Å². The van der Waals surface area contributed by atoms with E-state index >= 15 is 0 Å². The van der Waals surface area contributed by atoms with Crippen molar-refractivity contribution in [3.05, 3.63) is 17.3 Å². The standard InChI is InChI=1S/C10H15ClN4O/c1-3-15(6-9(16)13-2)10-8(11)4-7(12)5-14-10/h4-5H,3,6,12H2,1-2H3,(H,13,16). The molecule has 0 saturated carbocycles. The SMILES string of the molecule is CCN(CC(=O)NC)c1ncc(N)cc1Cl. The minimum absolute atomic E-state index is 0.0865. The Kier molecular flexibility index (Phi) is 4.37. The van der Waals surface area contributed by atoms with Gasteiger partial charge in [0.15, 0.2) is 0 Å². The number of carbonyl (C=O) groups is 1. The first-order chi connectivity index (χ1) is 7.58. The molecule has 0 aliphatic rings. The minimum atomic E-state index is -0.0865. The van der Waals surface area contributed by atoms with Crippen LogP contribution in [0.25, 0.3) is 0 Å². The summed E-state index contributed by atoms with van der Waals surface area (Å²) in [5.74, 6) is 0.485. The molecule has 0 aliphatic heterocycles. The Morgan fingerprint density at radius 3 is 2.88 bits per heavy atom. The quantitative estimate of drug-likeness (QED) is 0.823. The maximum Gasteiger partial charge on any atom is 0.239 e. The summed E-state index contributed by atoms with van der Waals surface area (Å²) in [6.07, 6.45) is 1.52. The second-order valence-corrected chi connectivity index (χ2v) is 3.67. The average Bonchev–Trinajstić information content (AvgIpc) is 2.26. The molecule has 88 valence electrons.